The van der Waals surface area contributed by atoms with Crippen molar-refractivity contribution in [2.45, 2.75) is 25.7 Å². The molecule has 0 saturated heterocycles. The summed E-state index contributed by atoms with van der Waals surface area (Å²) in [7, 11) is 2.14. The summed E-state index contributed by atoms with van der Waals surface area (Å²) >= 11 is 0. The molecule has 0 aromatic heterocycles. The van der Waals surface area contributed by atoms with Crippen molar-refractivity contribution < 1.29 is 4.74 Å². The van der Waals surface area contributed by atoms with Gasteiger partial charge < -0.3 is 9.64 Å². The molecule has 0 unspecified atom stereocenters. The first-order valence-corrected chi connectivity index (χ1v) is 6.80. The minimum absolute atomic E-state index is 0.826. The van der Waals surface area contributed by atoms with Crippen LogP contribution < -0.4 is 4.74 Å². The standard InChI is InChI=1S/C16H25NO/c1-3-13-17(2)14-9-4-5-10-15-18-16-11-7-6-8-12-16/h3,6-8,11-12H,1,4-5,9-10,13-15H2,2H3. The molecule has 1 rings (SSSR count). The molecule has 1 aromatic carbocycles. The van der Waals surface area contributed by atoms with Crippen molar-refractivity contribution >= 4 is 0 Å². The second-order valence-corrected chi connectivity index (χ2v) is 4.63. The van der Waals surface area contributed by atoms with E-state index in [-0.39, 0.29) is 0 Å². The van der Waals surface area contributed by atoms with Gasteiger partial charge >= 0.3 is 0 Å². The van der Waals surface area contributed by atoms with E-state index in [1.807, 2.05) is 36.4 Å². The highest BCUT2D eigenvalue weighted by Crippen LogP contribution is 2.09. The van der Waals surface area contributed by atoms with Gasteiger partial charge in [-0.15, -0.1) is 6.58 Å². The van der Waals surface area contributed by atoms with Gasteiger partial charge in [0.25, 0.3) is 0 Å². The van der Waals surface area contributed by atoms with E-state index in [9.17, 15) is 0 Å². The lowest BCUT2D eigenvalue weighted by Crippen LogP contribution is -2.19. The number of hydrogen-bond acceptors (Lipinski definition) is 2. The fraction of sp³-hybridized carbons (Fsp3) is 0.500. The van der Waals surface area contributed by atoms with E-state index in [0.717, 1.165) is 31.9 Å². The molecule has 0 atom stereocenters. The lowest BCUT2D eigenvalue weighted by Gasteiger charge is -2.13. The zero-order chi connectivity index (χ0) is 13.1. The zero-order valence-corrected chi connectivity index (χ0v) is 11.5. The molecule has 0 fully saturated rings. The monoisotopic (exact) mass is 247 g/mol. The predicted molar refractivity (Wildman–Crippen MR) is 78.1 cm³/mol. The Morgan fingerprint density at radius 1 is 1.11 bits per heavy atom. The maximum absolute atomic E-state index is 5.65. The number of hydrogen-bond donors (Lipinski definition) is 0. The van der Waals surface area contributed by atoms with Crippen molar-refractivity contribution in [3.8, 4) is 5.75 Å². The fourth-order valence-corrected chi connectivity index (χ4v) is 1.86. The molecule has 0 bridgehead atoms. The smallest absolute Gasteiger partial charge is 0.119 e. The van der Waals surface area contributed by atoms with Crippen LogP contribution in [-0.4, -0.2) is 31.6 Å². The van der Waals surface area contributed by atoms with Gasteiger partial charge in [-0.1, -0.05) is 37.1 Å². The number of unbranched alkanes of at least 4 members (excludes halogenated alkanes) is 3. The molecule has 0 amide bonds. The largest absolute Gasteiger partial charge is 0.494 e. The van der Waals surface area contributed by atoms with Crippen molar-refractivity contribution in [2.24, 2.45) is 0 Å². The Morgan fingerprint density at radius 2 is 1.83 bits per heavy atom. The van der Waals surface area contributed by atoms with Crippen LogP contribution in [0.1, 0.15) is 25.7 Å². The molecule has 0 saturated carbocycles. The lowest BCUT2D eigenvalue weighted by molar-refractivity contribution is 0.300. The van der Waals surface area contributed by atoms with Crippen LogP contribution in [0.4, 0.5) is 0 Å². The van der Waals surface area contributed by atoms with Gasteiger partial charge in [0.2, 0.25) is 0 Å². The van der Waals surface area contributed by atoms with Gasteiger partial charge in [0.15, 0.2) is 0 Å². The Morgan fingerprint density at radius 3 is 2.56 bits per heavy atom. The maximum Gasteiger partial charge on any atom is 0.119 e. The quantitative estimate of drug-likeness (QED) is 0.461. The van der Waals surface area contributed by atoms with E-state index < -0.39 is 0 Å². The van der Waals surface area contributed by atoms with Crippen LogP contribution in [0.5, 0.6) is 5.75 Å². The SMILES string of the molecule is C=CCN(C)CCCCCCOc1ccccc1. The molecule has 1 aromatic rings. The van der Waals surface area contributed by atoms with Gasteiger partial charge in [-0.2, -0.15) is 0 Å². The molecule has 0 aliphatic carbocycles. The van der Waals surface area contributed by atoms with Crippen molar-refractivity contribution in [1.82, 2.24) is 4.90 Å². The van der Waals surface area contributed by atoms with Crippen LogP contribution in [0.15, 0.2) is 43.0 Å². The third-order valence-electron chi connectivity index (χ3n) is 2.89. The predicted octanol–water partition coefficient (Wildman–Crippen LogP) is 3.74. The molecule has 100 valence electrons. The molecular formula is C16H25NO. The van der Waals surface area contributed by atoms with Crippen molar-refractivity contribution in [3.05, 3.63) is 43.0 Å². The molecule has 2 heteroatoms. The Bertz CT molecular complexity index is 310. The molecule has 0 aliphatic heterocycles. The summed E-state index contributed by atoms with van der Waals surface area (Å²) in [4.78, 5) is 2.30. The van der Waals surface area contributed by atoms with Gasteiger partial charge in [-0.3, -0.25) is 0 Å². The molecular weight excluding hydrogens is 222 g/mol. The molecule has 0 N–H and O–H groups in total. The summed E-state index contributed by atoms with van der Waals surface area (Å²) in [6, 6.07) is 10.0. The zero-order valence-electron chi connectivity index (χ0n) is 11.5. The van der Waals surface area contributed by atoms with E-state index in [1.165, 1.54) is 19.3 Å². The second-order valence-electron chi connectivity index (χ2n) is 4.63. The average Bonchev–Trinajstić information content (AvgIpc) is 2.39. The van der Waals surface area contributed by atoms with Gasteiger partial charge in [-0.05, 0) is 38.6 Å². The van der Waals surface area contributed by atoms with Gasteiger partial charge in [-0.25, -0.2) is 0 Å². The van der Waals surface area contributed by atoms with Crippen LogP contribution in [-0.2, 0) is 0 Å². The Kier molecular flexibility index (Phi) is 7.98. The fourth-order valence-electron chi connectivity index (χ4n) is 1.86. The van der Waals surface area contributed by atoms with E-state index in [4.69, 9.17) is 4.74 Å². The highest BCUT2D eigenvalue weighted by atomic mass is 16.5. The topological polar surface area (TPSA) is 12.5 Å². The molecule has 0 heterocycles. The van der Waals surface area contributed by atoms with E-state index in [2.05, 4.69) is 18.5 Å². The van der Waals surface area contributed by atoms with Crippen LogP contribution in [0.2, 0.25) is 0 Å². The van der Waals surface area contributed by atoms with Crippen LogP contribution in [0, 0.1) is 0 Å². The normalized spacial score (nSPS) is 10.6. The van der Waals surface area contributed by atoms with Crippen molar-refractivity contribution in [2.75, 3.05) is 26.7 Å². The highest BCUT2D eigenvalue weighted by Gasteiger charge is 1.96. The third-order valence-corrected chi connectivity index (χ3v) is 2.89. The van der Waals surface area contributed by atoms with Crippen molar-refractivity contribution in [3.63, 3.8) is 0 Å². The summed E-state index contributed by atoms with van der Waals surface area (Å²) < 4.78 is 5.65. The Labute approximate surface area is 111 Å². The van der Waals surface area contributed by atoms with Gasteiger partial charge in [0.1, 0.15) is 5.75 Å². The Balaban J connectivity index is 1.91. The first-order chi connectivity index (χ1) is 8.83. The molecule has 0 spiro atoms. The Hall–Kier alpha value is -1.28. The number of ether oxygens (including phenoxy) is 1. The van der Waals surface area contributed by atoms with Crippen LogP contribution in [0.3, 0.4) is 0 Å². The van der Waals surface area contributed by atoms with Crippen LogP contribution in [0.25, 0.3) is 0 Å². The van der Waals surface area contributed by atoms with Crippen molar-refractivity contribution in [1.29, 1.82) is 0 Å². The summed E-state index contributed by atoms with van der Waals surface area (Å²) in [6.07, 6.45) is 6.87. The minimum Gasteiger partial charge on any atom is -0.494 e. The highest BCUT2D eigenvalue weighted by molar-refractivity contribution is 5.20. The second kappa shape index (κ2) is 9.72. The van der Waals surface area contributed by atoms with E-state index in [1.54, 1.807) is 0 Å². The number of nitrogens with zero attached hydrogens (tertiary/aromatic N) is 1. The summed E-state index contributed by atoms with van der Waals surface area (Å²) in [5, 5.41) is 0. The minimum atomic E-state index is 0.826. The molecule has 2 nitrogen and oxygen atoms in total. The first kappa shape index (κ1) is 14.8. The maximum atomic E-state index is 5.65. The summed E-state index contributed by atoms with van der Waals surface area (Å²) in [5.41, 5.74) is 0. The first-order valence-electron chi connectivity index (χ1n) is 6.80. The lowest BCUT2D eigenvalue weighted by atomic mass is 10.2. The summed E-state index contributed by atoms with van der Waals surface area (Å²) in [5.74, 6) is 0.975. The molecule has 0 aliphatic rings. The third kappa shape index (κ3) is 7.13. The summed E-state index contributed by atoms with van der Waals surface area (Å²) in [6.45, 7) is 6.71. The molecule has 18 heavy (non-hydrogen) atoms. The number of likely N-dealkylation sites (N-methyl/N-ethyl adjacent to an activating group) is 1. The number of rotatable bonds is 10. The van der Waals surface area contributed by atoms with Gasteiger partial charge in [0, 0.05) is 6.54 Å². The average molecular weight is 247 g/mol. The van der Waals surface area contributed by atoms with E-state index >= 15 is 0 Å². The van der Waals surface area contributed by atoms with Gasteiger partial charge in [0.05, 0.1) is 6.61 Å². The van der Waals surface area contributed by atoms with Crippen LogP contribution >= 0.6 is 0 Å². The number of para-hydroxylation sites is 1. The number of benzene rings is 1. The molecule has 0 radical (unpaired) electrons. The van der Waals surface area contributed by atoms with E-state index in [0.29, 0.717) is 0 Å².